The van der Waals surface area contributed by atoms with E-state index in [-0.39, 0.29) is 24.6 Å². The summed E-state index contributed by atoms with van der Waals surface area (Å²) in [5.74, 6) is -0.139. The molecule has 1 saturated carbocycles. The maximum Gasteiger partial charge on any atom is 0.323 e. The summed E-state index contributed by atoms with van der Waals surface area (Å²) in [6, 6.07) is 9.09. The number of fused-ring (bicyclic) bond motifs is 3. The molecule has 4 rings (SSSR count). The number of amides is 1. The third-order valence-electron chi connectivity index (χ3n) is 6.45. The van der Waals surface area contributed by atoms with Crippen molar-refractivity contribution in [3.05, 3.63) is 35.9 Å². The number of hydrogen-bond acceptors (Lipinski definition) is 6. The zero-order valence-corrected chi connectivity index (χ0v) is 16.8. The monoisotopic (exact) mass is 402 g/mol. The van der Waals surface area contributed by atoms with Gasteiger partial charge in [0.15, 0.2) is 12.5 Å². The first-order valence-electron chi connectivity index (χ1n) is 10.7. The Bertz CT molecular complexity index is 727. The number of carbonyl (C=O) groups is 2. The largest absolute Gasteiger partial charge is 0.465 e. The van der Waals surface area contributed by atoms with Crippen LogP contribution < -0.4 is 5.32 Å². The van der Waals surface area contributed by atoms with Gasteiger partial charge in [-0.15, -0.1) is 0 Å². The van der Waals surface area contributed by atoms with Crippen LogP contribution in [0.15, 0.2) is 30.3 Å². The van der Waals surface area contributed by atoms with Crippen LogP contribution in [0.2, 0.25) is 0 Å². The number of nitrogens with one attached hydrogen (secondary N) is 1. The van der Waals surface area contributed by atoms with Gasteiger partial charge in [0.05, 0.1) is 12.6 Å². The summed E-state index contributed by atoms with van der Waals surface area (Å²) in [6.07, 6.45) is 3.04. The first kappa shape index (κ1) is 20.3. The second kappa shape index (κ2) is 8.81. The number of morpholine rings is 1. The summed E-state index contributed by atoms with van der Waals surface area (Å²) in [6.45, 7) is 2.02. The molecule has 1 aromatic carbocycles. The molecule has 1 aromatic rings. The van der Waals surface area contributed by atoms with Gasteiger partial charge in [0.25, 0.3) is 5.91 Å². The predicted molar refractivity (Wildman–Crippen MR) is 106 cm³/mol. The maximum atomic E-state index is 13.2. The van der Waals surface area contributed by atoms with E-state index in [0.717, 1.165) is 31.2 Å². The smallest absolute Gasteiger partial charge is 0.323 e. The lowest BCUT2D eigenvalue weighted by Crippen LogP contribution is -2.63. The van der Waals surface area contributed by atoms with Crippen molar-refractivity contribution in [1.82, 2.24) is 10.2 Å². The maximum absolute atomic E-state index is 13.2. The van der Waals surface area contributed by atoms with Crippen molar-refractivity contribution in [1.29, 1.82) is 0 Å². The Labute approximate surface area is 171 Å². The van der Waals surface area contributed by atoms with Gasteiger partial charge in [-0.05, 0) is 50.5 Å². The zero-order chi connectivity index (χ0) is 20.4. The predicted octanol–water partition coefficient (Wildman–Crippen LogP) is 1.58. The van der Waals surface area contributed by atoms with Gasteiger partial charge in [-0.1, -0.05) is 36.8 Å². The molecule has 1 aliphatic carbocycles. The van der Waals surface area contributed by atoms with E-state index in [1.807, 2.05) is 35.2 Å². The van der Waals surface area contributed by atoms with Crippen molar-refractivity contribution < 1.29 is 24.2 Å². The van der Waals surface area contributed by atoms with Gasteiger partial charge in [-0.3, -0.25) is 14.9 Å². The van der Waals surface area contributed by atoms with E-state index in [1.165, 1.54) is 0 Å². The summed E-state index contributed by atoms with van der Waals surface area (Å²) >= 11 is 0. The molecule has 6 atom stereocenters. The Hall–Kier alpha value is -1.96. The third-order valence-corrected chi connectivity index (χ3v) is 6.45. The number of aliphatic hydroxyl groups is 1. The zero-order valence-electron chi connectivity index (χ0n) is 16.8. The number of nitrogens with zero attached hydrogens (tertiary/aromatic N) is 1. The van der Waals surface area contributed by atoms with Crippen LogP contribution in [0.5, 0.6) is 0 Å². The number of carbonyl (C=O) groups excluding carboxylic acids is 2. The lowest BCUT2D eigenvalue weighted by atomic mass is 10.0. The van der Waals surface area contributed by atoms with Crippen molar-refractivity contribution in [2.24, 2.45) is 5.92 Å². The number of hydrogen-bond donors (Lipinski definition) is 2. The van der Waals surface area contributed by atoms with Crippen LogP contribution in [-0.4, -0.2) is 59.1 Å². The van der Waals surface area contributed by atoms with Crippen LogP contribution in [0.1, 0.15) is 44.6 Å². The van der Waals surface area contributed by atoms with E-state index in [1.54, 1.807) is 6.92 Å². The second-order valence-electron chi connectivity index (χ2n) is 8.21. The van der Waals surface area contributed by atoms with E-state index in [9.17, 15) is 14.7 Å². The minimum absolute atomic E-state index is 0.177. The first-order chi connectivity index (χ1) is 14.1. The number of benzene rings is 1. The summed E-state index contributed by atoms with van der Waals surface area (Å²) in [5, 5.41) is 13.5. The van der Waals surface area contributed by atoms with E-state index in [4.69, 9.17) is 9.47 Å². The summed E-state index contributed by atoms with van der Waals surface area (Å²) in [5.41, 5.74) is 1.10. The van der Waals surface area contributed by atoms with Gasteiger partial charge < -0.3 is 19.5 Å². The molecule has 0 aromatic heterocycles. The van der Waals surface area contributed by atoms with Crippen molar-refractivity contribution in [3.8, 4) is 0 Å². The molecule has 0 bridgehead atoms. The Morgan fingerprint density at radius 3 is 2.86 bits per heavy atom. The minimum Gasteiger partial charge on any atom is -0.465 e. The second-order valence-corrected chi connectivity index (χ2v) is 8.21. The fourth-order valence-electron chi connectivity index (χ4n) is 5.09. The molecule has 29 heavy (non-hydrogen) atoms. The van der Waals surface area contributed by atoms with Crippen molar-refractivity contribution in [3.63, 3.8) is 0 Å². The Balaban J connectivity index is 1.45. The molecule has 0 spiro atoms. The molecule has 0 radical (unpaired) electrons. The number of aliphatic hydroxyl groups excluding tert-OH is 1. The minimum atomic E-state index is -1.04. The molecule has 2 aliphatic heterocycles. The van der Waals surface area contributed by atoms with Gasteiger partial charge in [0.2, 0.25) is 0 Å². The number of esters is 1. The molecule has 2 N–H and O–H groups in total. The summed E-state index contributed by atoms with van der Waals surface area (Å²) in [7, 11) is 0. The Morgan fingerprint density at radius 2 is 2.10 bits per heavy atom. The quantitative estimate of drug-likeness (QED) is 0.674. The lowest BCUT2D eigenvalue weighted by Gasteiger charge is -2.41. The molecule has 3 unspecified atom stereocenters. The Morgan fingerprint density at radius 1 is 1.31 bits per heavy atom. The van der Waals surface area contributed by atoms with E-state index in [0.29, 0.717) is 18.8 Å². The van der Waals surface area contributed by atoms with E-state index < -0.39 is 24.5 Å². The van der Waals surface area contributed by atoms with Crippen molar-refractivity contribution >= 4 is 11.9 Å². The van der Waals surface area contributed by atoms with Crippen LogP contribution >= 0.6 is 0 Å². The normalized spacial score (nSPS) is 32.0. The van der Waals surface area contributed by atoms with E-state index >= 15 is 0 Å². The standard InChI is InChI=1S/C22H30N2O5/c1-2-28-21(26)16(12-11-14-7-4-3-5-8-14)23-19-20(25)24-17-10-6-9-15(17)13-18(24)22(27)29-19/h3-5,7-8,15-19,22-23,27H,2,6,9-13H2,1H3/t15?,16-,17?,18-,19-,22?/m0/s1. The first-order valence-corrected chi connectivity index (χ1v) is 10.7. The van der Waals surface area contributed by atoms with Gasteiger partial charge in [0.1, 0.15) is 6.04 Å². The average Bonchev–Trinajstić information content (AvgIpc) is 3.31. The van der Waals surface area contributed by atoms with Gasteiger partial charge in [-0.25, -0.2) is 0 Å². The molecular weight excluding hydrogens is 372 g/mol. The fraction of sp³-hybridized carbons (Fsp3) is 0.636. The van der Waals surface area contributed by atoms with Crippen LogP contribution in [0.4, 0.5) is 0 Å². The molecule has 158 valence electrons. The summed E-state index contributed by atoms with van der Waals surface area (Å²) < 4.78 is 10.8. The molecule has 3 fully saturated rings. The summed E-state index contributed by atoms with van der Waals surface area (Å²) in [4.78, 5) is 27.5. The van der Waals surface area contributed by atoms with Gasteiger partial charge in [0, 0.05) is 6.04 Å². The van der Waals surface area contributed by atoms with Crippen LogP contribution in [0, 0.1) is 5.92 Å². The highest BCUT2D eigenvalue weighted by atomic mass is 16.6. The molecule has 7 heteroatoms. The molecule has 1 amide bonds. The molecule has 3 aliphatic rings. The van der Waals surface area contributed by atoms with Crippen molar-refractivity contribution in [2.75, 3.05) is 6.61 Å². The van der Waals surface area contributed by atoms with E-state index in [2.05, 4.69) is 5.32 Å². The van der Waals surface area contributed by atoms with Crippen LogP contribution in [0.3, 0.4) is 0 Å². The average molecular weight is 402 g/mol. The molecular formula is C22H30N2O5. The van der Waals surface area contributed by atoms with Gasteiger partial charge in [-0.2, -0.15) is 0 Å². The number of rotatable bonds is 7. The molecule has 7 nitrogen and oxygen atoms in total. The highest BCUT2D eigenvalue weighted by Crippen LogP contribution is 2.44. The van der Waals surface area contributed by atoms with Crippen LogP contribution in [0.25, 0.3) is 0 Å². The lowest BCUT2D eigenvalue weighted by molar-refractivity contribution is -0.220. The third kappa shape index (κ3) is 4.17. The topological polar surface area (TPSA) is 88.1 Å². The Kier molecular flexibility index (Phi) is 6.18. The number of aryl methyl sites for hydroxylation is 1. The van der Waals surface area contributed by atoms with Crippen molar-refractivity contribution in [2.45, 2.75) is 76.1 Å². The fourth-order valence-corrected chi connectivity index (χ4v) is 5.09. The number of ether oxygens (including phenoxy) is 2. The SMILES string of the molecule is CCOC(=O)[C@H](CCc1ccccc1)N[C@H]1OC(O)[C@@H]2CC3CCCC3N2C1=O. The molecule has 2 saturated heterocycles. The molecule has 2 heterocycles. The highest BCUT2D eigenvalue weighted by Gasteiger charge is 2.54. The highest BCUT2D eigenvalue weighted by molar-refractivity contribution is 5.84. The van der Waals surface area contributed by atoms with Gasteiger partial charge >= 0.3 is 5.97 Å². The van der Waals surface area contributed by atoms with Crippen LogP contribution in [-0.2, 0) is 25.5 Å².